The number of hydrazone groups is 1. The molecular formula is C19H22N2O4. The summed E-state index contributed by atoms with van der Waals surface area (Å²) in [6.07, 6.45) is 1.34. The van der Waals surface area contributed by atoms with Gasteiger partial charge < -0.3 is 14.9 Å². The van der Waals surface area contributed by atoms with Gasteiger partial charge in [-0.1, -0.05) is 18.2 Å². The van der Waals surface area contributed by atoms with Gasteiger partial charge in [0.1, 0.15) is 17.2 Å². The first kappa shape index (κ1) is 18.3. The molecule has 0 unspecified atom stereocenters. The average molecular weight is 342 g/mol. The molecule has 0 fully saturated rings. The molecule has 3 N–H and O–H groups in total. The van der Waals surface area contributed by atoms with Crippen molar-refractivity contribution in [1.82, 2.24) is 5.43 Å². The zero-order chi connectivity index (χ0) is 18.6. The van der Waals surface area contributed by atoms with Crippen LogP contribution >= 0.6 is 0 Å². The van der Waals surface area contributed by atoms with Crippen molar-refractivity contribution in [3.63, 3.8) is 0 Å². The minimum atomic E-state index is -0.411. The number of phenolic OH excluding ortho intramolecular Hbond substituents is 2. The second kappa shape index (κ2) is 7.70. The quantitative estimate of drug-likeness (QED) is 0.575. The molecule has 6 nitrogen and oxygen atoms in total. The molecule has 0 radical (unpaired) electrons. The monoisotopic (exact) mass is 342 g/mol. The highest BCUT2D eigenvalue weighted by Gasteiger charge is 2.11. The summed E-state index contributed by atoms with van der Waals surface area (Å²) in [7, 11) is 0. The first-order valence-corrected chi connectivity index (χ1v) is 7.84. The molecule has 0 aliphatic carbocycles. The van der Waals surface area contributed by atoms with Crippen LogP contribution in [-0.4, -0.2) is 28.9 Å². The number of nitrogens with one attached hydrogen (secondary N) is 1. The molecule has 0 heterocycles. The standard InChI is InChI=1S/C19H22N2O4/c1-11-6-5-7-12(2)19(11)25-10-17(23)21-20-9-15-13(3)8-16(22)14(4)18(15)24/h5-9,22,24H,10H2,1-4H3,(H,21,23)/b20-9+. The van der Waals surface area contributed by atoms with Gasteiger partial charge in [0.2, 0.25) is 0 Å². The number of aryl methyl sites for hydroxylation is 3. The van der Waals surface area contributed by atoms with E-state index in [9.17, 15) is 15.0 Å². The molecule has 6 heteroatoms. The van der Waals surface area contributed by atoms with Crippen molar-refractivity contribution in [2.24, 2.45) is 5.10 Å². The third kappa shape index (κ3) is 4.29. The van der Waals surface area contributed by atoms with Crippen LogP contribution in [0, 0.1) is 27.7 Å². The lowest BCUT2D eigenvalue weighted by Crippen LogP contribution is -2.25. The van der Waals surface area contributed by atoms with Gasteiger partial charge in [0, 0.05) is 11.1 Å². The number of ether oxygens (including phenoxy) is 1. The van der Waals surface area contributed by atoms with Gasteiger partial charge in [0.15, 0.2) is 6.61 Å². The first-order valence-electron chi connectivity index (χ1n) is 7.84. The SMILES string of the molecule is Cc1cc(O)c(C)c(O)c1/C=N/NC(=O)COc1c(C)cccc1C. The smallest absolute Gasteiger partial charge is 0.277 e. The molecule has 2 aromatic carbocycles. The van der Waals surface area contributed by atoms with Crippen LogP contribution in [-0.2, 0) is 4.79 Å². The Morgan fingerprint density at radius 3 is 2.44 bits per heavy atom. The summed E-state index contributed by atoms with van der Waals surface area (Å²) < 4.78 is 5.55. The summed E-state index contributed by atoms with van der Waals surface area (Å²) in [6.45, 7) is 6.99. The summed E-state index contributed by atoms with van der Waals surface area (Å²) in [4.78, 5) is 11.9. The number of carbonyl (C=O) groups is 1. The predicted octanol–water partition coefficient (Wildman–Crippen LogP) is 2.86. The van der Waals surface area contributed by atoms with Gasteiger partial charge >= 0.3 is 0 Å². The topological polar surface area (TPSA) is 91.1 Å². The van der Waals surface area contributed by atoms with E-state index in [0.717, 1.165) is 11.1 Å². The fourth-order valence-electron chi connectivity index (χ4n) is 2.43. The van der Waals surface area contributed by atoms with Gasteiger partial charge in [0.25, 0.3) is 5.91 Å². The first-order chi connectivity index (χ1) is 11.8. The van der Waals surface area contributed by atoms with Crippen LogP contribution in [0.5, 0.6) is 17.2 Å². The Kier molecular flexibility index (Phi) is 5.64. The summed E-state index contributed by atoms with van der Waals surface area (Å²) in [5.74, 6) is 0.219. The molecule has 0 aliphatic rings. The lowest BCUT2D eigenvalue weighted by atomic mass is 10.0. The average Bonchev–Trinajstić information content (AvgIpc) is 2.55. The van der Waals surface area contributed by atoms with Crippen LogP contribution in [0.3, 0.4) is 0 Å². The molecule has 2 aromatic rings. The maximum atomic E-state index is 11.9. The molecule has 132 valence electrons. The Bertz CT molecular complexity index is 808. The number of phenols is 2. The second-order valence-electron chi connectivity index (χ2n) is 5.90. The van der Waals surface area contributed by atoms with E-state index in [1.807, 2.05) is 32.0 Å². The van der Waals surface area contributed by atoms with Crippen molar-refractivity contribution in [3.05, 3.63) is 52.1 Å². The van der Waals surface area contributed by atoms with Crippen LogP contribution in [0.15, 0.2) is 29.4 Å². The van der Waals surface area contributed by atoms with Crippen LogP contribution in [0.1, 0.15) is 27.8 Å². The van der Waals surface area contributed by atoms with Gasteiger partial charge in [0.05, 0.1) is 6.21 Å². The van der Waals surface area contributed by atoms with Gasteiger partial charge in [-0.2, -0.15) is 5.10 Å². The maximum absolute atomic E-state index is 11.9. The zero-order valence-electron chi connectivity index (χ0n) is 14.8. The lowest BCUT2D eigenvalue weighted by molar-refractivity contribution is -0.123. The van der Waals surface area contributed by atoms with Crippen molar-refractivity contribution in [2.45, 2.75) is 27.7 Å². The van der Waals surface area contributed by atoms with Crippen molar-refractivity contribution >= 4 is 12.1 Å². The second-order valence-corrected chi connectivity index (χ2v) is 5.90. The third-order valence-electron chi connectivity index (χ3n) is 3.91. The number of amides is 1. The predicted molar refractivity (Wildman–Crippen MR) is 96.4 cm³/mol. The normalized spacial score (nSPS) is 10.9. The van der Waals surface area contributed by atoms with Gasteiger partial charge in [-0.15, -0.1) is 0 Å². The fraction of sp³-hybridized carbons (Fsp3) is 0.263. The Morgan fingerprint density at radius 1 is 1.16 bits per heavy atom. The van der Waals surface area contributed by atoms with Crippen molar-refractivity contribution < 1.29 is 19.7 Å². The molecule has 2 rings (SSSR count). The molecule has 0 aromatic heterocycles. The summed E-state index contributed by atoms with van der Waals surface area (Å²) >= 11 is 0. The van der Waals surface area contributed by atoms with Crippen LogP contribution < -0.4 is 10.2 Å². The molecule has 0 saturated carbocycles. The van der Waals surface area contributed by atoms with Gasteiger partial charge in [-0.3, -0.25) is 4.79 Å². The van der Waals surface area contributed by atoms with Crippen molar-refractivity contribution in [3.8, 4) is 17.2 Å². The number of rotatable bonds is 5. The summed E-state index contributed by atoms with van der Waals surface area (Å²) in [5.41, 5.74) is 5.71. The Balaban J connectivity index is 1.99. The van der Waals surface area contributed by atoms with E-state index in [0.29, 0.717) is 22.4 Å². The molecule has 0 saturated heterocycles. The number of hydrogen-bond donors (Lipinski definition) is 3. The van der Waals surface area contributed by atoms with E-state index < -0.39 is 5.91 Å². The molecule has 0 spiro atoms. The fourth-order valence-corrected chi connectivity index (χ4v) is 2.43. The number of para-hydroxylation sites is 1. The summed E-state index contributed by atoms with van der Waals surface area (Å²) in [5, 5.41) is 23.5. The Morgan fingerprint density at radius 2 is 1.80 bits per heavy atom. The van der Waals surface area contributed by atoms with Crippen molar-refractivity contribution in [2.75, 3.05) is 6.61 Å². The molecule has 25 heavy (non-hydrogen) atoms. The molecule has 0 bridgehead atoms. The largest absolute Gasteiger partial charge is 0.508 e. The number of carbonyl (C=O) groups excluding carboxylic acids is 1. The van der Waals surface area contributed by atoms with E-state index in [2.05, 4.69) is 10.5 Å². The number of nitrogens with zero attached hydrogens (tertiary/aromatic N) is 1. The highest BCUT2D eigenvalue weighted by atomic mass is 16.5. The van der Waals surface area contributed by atoms with Crippen LogP contribution in [0.25, 0.3) is 0 Å². The molecular weight excluding hydrogens is 320 g/mol. The third-order valence-corrected chi connectivity index (χ3v) is 3.91. The minimum absolute atomic E-state index is 0.0122. The zero-order valence-corrected chi connectivity index (χ0v) is 14.8. The number of aromatic hydroxyl groups is 2. The number of benzene rings is 2. The highest BCUT2D eigenvalue weighted by molar-refractivity contribution is 5.88. The molecule has 0 aliphatic heterocycles. The van der Waals surface area contributed by atoms with Crippen LogP contribution in [0.2, 0.25) is 0 Å². The van der Waals surface area contributed by atoms with Gasteiger partial charge in [-0.25, -0.2) is 5.43 Å². The Labute approximate surface area is 146 Å². The van der Waals surface area contributed by atoms with E-state index >= 15 is 0 Å². The molecule has 0 atom stereocenters. The Hall–Kier alpha value is -3.02. The van der Waals surface area contributed by atoms with Gasteiger partial charge in [-0.05, 0) is 50.5 Å². The van der Waals surface area contributed by atoms with E-state index in [1.165, 1.54) is 12.3 Å². The number of hydrogen-bond acceptors (Lipinski definition) is 5. The summed E-state index contributed by atoms with van der Waals surface area (Å²) in [6, 6.07) is 7.28. The van der Waals surface area contributed by atoms with E-state index in [4.69, 9.17) is 4.74 Å². The minimum Gasteiger partial charge on any atom is -0.508 e. The molecule has 1 amide bonds. The van der Waals surface area contributed by atoms with E-state index in [-0.39, 0.29) is 18.1 Å². The maximum Gasteiger partial charge on any atom is 0.277 e. The van der Waals surface area contributed by atoms with Crippen molar-refractivity contribution in [1.29, 1.82) is 0 Å². The van der Waals surface area contributed by atoms with E-state index in [1.54, 1.807) is 13.8 Å². The van der Waals surface area contributed by atoms with Crippen LogP contribution in [0.4, 0.5) is 0 Å². The lowest BCUT2D eigenvalue weighted by Gasteiger charge is -2.11. The highest BCUT2D eigenvalue weighted by Crippen LogP contribution is 2.31.